The number of amides is 3. The molecular weight excluding hydrogens is 624 g/mol. The molecule has 1 heterocycles. The Balaban J connectivity index is 2.53. The molecule has 5 atom stereocenters. The van der Waals surface area contributed by atoms with E-state index >= 15 is 0 Å². The molecular formula is C31H56N2O14. The Morgan fingerprint density at radius 1 is 0.830 bits per heavy atom. The molecule has 3 amide bonds. The van der Waals surface area contributed by atoms with Gasteiger partial charge < -0.3 is 59.3 Å². The van der Waals surface area contributed by atoms with Gasteiger partial charge in [-0.3, -0.25) is 19.3 Å². The van der Waals surface area contributed by atoms with Gasteiger partial charge in [-0.25, -0.2) is 0 Å². The number of aliphatic hydroxyl groups is 5. The Morgan fingerprint density at radius 3 is 2.11 bits per heavy atom. The minimum Gasteiger partial charge on any atom is -0.378 e. The van der Waals surface area contributed by atoms with Crippen molar-refractivity contribution in [3.8, 4) is 0 Å². The molecule has 1 aliphatic heterocycles. The van der Waals surface area contributed by atoms with Crippen molar-refractivity contribution < 1.29 is 68.3 Å². The lowest BCUT2D eigenvalue weighted by atomic mass is 10.0. The number of imide groups is 1. The number of hydrogen-bond acceptors (Lipinski definition) is 14. The van der Waals surface area contributed by atoms with Crippen molar-refractivity contribution >= 4 is 17.7 Å². The fourth-order valence-corrected chi connectivity index (χ4v) is 5.20. The number of nitrogens with one attached hydrogen (secondary N) is 1. The zero-order chi connectivity index (χ0) is 34.7. The van der Waals surface area contributed by atoms with E-state index in [1.807, 2.05) is 12.2 Å². The average Bonchev–Trinajstić information content (AvgIpc) is 3.33. The molecule has 0 aromatic rings. The van der Waals surface area contributed by atoms with Crippen molar-refractivity contribution in [2.24, 2.45) is 5.92 Å². The van der Waals surface area contributed by atoms with Gasteiger partial charge in [0.05, 0.1) is 32.3 Å². The van der Waals surface area contributed by atoms with Gasteiger partial charge in [0.15, 0.2) is 6.10 Å². The van der Waals surface area contributed by atoms with E-state index < -0.39 is 70.2 Å². The summed E-state index contributed by atoms with van der Waals surface area (Å²) in [6.07, 6.45) is 8.94. The Hall–Kier alpha value is -2.09. The van der Waals surface area contributed by atoms with Gasteiger partial charge in [-0.1, -0.05) is 64.0 Å². The van der Waals surface area contributed by atoms with E-state index in [9.17, 15) is 34.8 Å². The maximum absolute atomic E-state index is 13.0. The molecule has 0 radical (unpaired) electrons. The highest BCUT2D eigenvalue weighted by Crippen LogP contribution is 2.22. The van der Waals surface area contributed by atoms with Crippen molar-refractivity contribution in [1.29, 1.82) is 0 Å². The van der Waals surface area contributed by atoms with Crippen LogP contribution < -0.4 is 5.32 Å². The maximum atomic E-state index is 13.0. The van der Waals surface area contributed by atoms with Crippen LogP contribution in [0.4, 0.5) is 0 Å². The SMILES string of the molecule is CCCCCCCCCC/C=C/C1CC(=O)N(CCOCCNC(=O)C(OCO)C(OCO)C(OCO)C(COCO)OCO)C1=O. The third-order valence-corrected chi connectivity index (χ3v) is 7.57. The van der Waals surface area contributed by atoms with Crippen molar-refractivity contribution in [3.05, 3.63) is 12.2 Å². The van der Waals surface area contributed by atoms with Crippen LogP contribution in [-0.4, -0.2) is 139 Å². The van der Waals surface area contributed by atoms with E-state index in [4.69, 9.17) is 33.5 Å². The van der Waals surface area contributed by atoms with Gasteiger partial charge in [-0.2, -0.15) is 0 Å². The third kappa shape index (κ3) is 17.2. The number of likely N-dealkylation sites (tertiary alicyclic amines) is 1. The van der Waals surface area contributed by atoms with E-state index in [0.717, 1.165) is 19.3 Å². The van der Waals surface area contributed by atoms with Gasteiger partial charge in [0.1, 0.15) is 52.3 Å². The van der Waals surface area contributed by atoms with Crippen LogP contribution in [0.25, 0.3) is 0 Å². The van der Waals surface area contributed by atoms with Crippen LogP contribution in [-0.2, 0) is 42.8 Å². The van der Waals surface area contributed by atoms with Crippen molar-refractivity contribution in [2.75, 3.05) is 66.9 Å². The summed E-state index contributed by atoms with van der Waals surface area (Å²) < 4.78 is 31.1. The Kier molecular flexibility index (Phi) is 25.4. The number of carbonyl (C=O) groups is 3. The Morgan fingerprint density at radius 2 is 1.47 bits per heavy atom. The second kappa shape index (κ2) is 27.8. The highest BCUT2D eigenvalue weighted by atomic mass is 16.7. The Labute approximate surface area is 276 Å². The normalized spacial score (nSPS) is 17.8. The number of allylic oxidation sites excluding steroid dienone is 1. The van der Waals surface area contributed by atoms with E-state index in [1.165, 1.54) is 43.4 Å². The van der Waals surface area contributed by atoms with Crippen LogP contribution in [0.5, 0.6) is 0 Å². The summed E-state index contributed by atoms with van der Waals surface area (Å²) in [5.74, 6) is -1.81. The van der Waals surface area contributed by atoms with E-state index in [0.29, 0.717) is 0 Å². The minimum absolute atomic E-state index is 0.00157. The topological polar surface area (TPSA) is 223 Å². The summed E-state index contributed by atoms with van der Waals surface area (Å²) >= 11 is 0. The molecule has 47 heavy (non-hydrogen) atoms. The van der Waals surface area contributed by atoms with Crippen LogP contribution in [0.1, 0.15) is 71.1 Å². The summed E-state index contributed by atoms with van der Waals surface area (Å²) in [7, 11) is 0. The lowest BCUT2D eigenvalue weighted by Crippen LogP contribution is -2.56. The fraction of sp³-hybridized carbons (Fsp3) is 0.839. The molecule has 5 unspecified atom stereocenters. The molecule has 16 heteroatoms. The lowest BCUT2D eigenvalue weighted by molar-refractivity contribution is -0.237. The predicted octanol–water partition coefficient (Wildman–Crippen LogP) is -0.112. The molecule has 0 bridgehead atoms. The monoisotopic (exact) mass is 680 g/mol. The van der Waals surface area contributed by atoms with E-state index in [2.05, 4.69) is 12.2 Å². The lowest BCUT2D eigenvalue weighted by Gasteiger charge is -2.35. The first-order valence-corrected chi connectivity index (χ1v) is 16.3. The zero-order valence-electron chi connectivity index (χ0n) is 27.5. The number of aliphatic hydroxyl groups excluding tert-OH is 5. The van der Waals surface area contributed by atoms with Crippen LogP contribution >= 0.6 is 0 Å². The van der Waals surface area contributed by atoms with Crippen LogP contribution in [0.15, 0.2) is 12.2 Å². The molecule has 0 spiro atoms. The quantitative estimate of drug-likeness (QED) is 0.0243. The van der Waals surface area contributed by atoms with Gasteiger partial charge in [0.25, 0.3) is 5.91 Å². The molecule has 0 saturated carbocycles. The molecule has 1 saturated heterocycles. The molecule has 1 fully saturated rings. The molecule has 6 N–H and O–H groups in total. The smallest absolute Gasteiger partial charge is 0.252 e. The van der Waals surface area contributed by atoms with Crippen molar-refractivity contribution in [2.45, 2.75) is 95.5 Å². The highest BCUT2D eigenvalue weighted by Gasteiger charge is 2.42. The van der Waals surface area contributed by atoms with Crippen LogP contribution in [0.3, 0.4) is 0 Å². The van der Waals surface area contributed by atoms with E-state index in [1.54, 1.807) is 0 Å². The number of nitrogens with zero attached hydrogens (tertiary/aromatic N) is 1. The van der Waals surface area contributed by atoms with Gasteiger partial charge in [-0.05, 0) is 12.8 Å². The first kappa shape index (κ1) is 42.9. The van der Waals surface area contributed by atoms with Gasteiger partial charge in [-0.15, -0.1) is 0 Å². The highest BCUT2D eigenvalue weighted by molar-refractivity contribution is 6.04. The average molecular weight is 681 g/mol. The molecule has 274 valence electrons. The first-order valence-electron chi connectivity index (χ1n) is 16.3. The number of ether oxygens (including phenoxy) is 6. The number of rotatable bonds is 31. The molecule has 16 nitrogen and oxygen atoms in total. The number of carbonyl (C=O) groups excluding carboxylic acids is 3. The van der Waals surface area contributed by atoms with Gasteiger partial charge in [0, 0.05) is 13.0 Å². The molecule has 0 aromatic heterocycles. The predicted molar refractivity (Wildman–Crippen MR) is 166 cm³/mol. The van der Waals surface area contributed by atoms with Crippen LogP contribution in [0.2, 0.25) is 0 Å². The standard InChI is InChI=1S/C31H56N2O14/c1-2-3-4-5-6-7-8-9-10-11-12-24-17-26(39)33(31(24)41)14-16-42-15-13-32-30(40)29(47-23-38)28(46-22-37)27(45-21-36)25(44-20-35)18-43-19-34/h11-12,24-25,27-29,34-38H,2-10,13-23H2,1H3,(H,32,40)/b12-11+. The second-order valence-electron chi connectivity index (χ2n) is 10.9. The summed E-state index contributed by atoms with van der Waals surface area (Å²) in [4.78, 5) is 39.3. The minimum atomic E-state index is -1.61. The van der Waals surface area contributed by atoms with Gasteiger partial charge in [0.2, 0.25) is 11.8 Å². The Bertz CT molecular complexity index is 864. The molecule has 0 aliphatic carbocycles. The maximum Gasteiger partial charge on any atom is 0.252 e. The molecule has 0 aromatic carbocycles. The molecule has 1 aliphatic rings. The largest absolute Gasteiger partial charge is 0.378 e. The number of hydrogen-bond donors (Lipinski definition) is 6. The fourth-order valence-electron chi connectivity index (χ4n) is 5.20. The zero-order valence-corrected chi connectivity index (χ0v) is 27.5. The summed E-state index contributed by atoms with van der Waals surface area (Å²) in [6.45, 7) is -2.37. The first-order chi connectivity index (χ1) is 22.9. The second-order valence-corrected chi connectivity index (χ2v) is 10.9. The molecule has 1 rings (SSSR count). The number of unbranched alkanes of at least 4 members (excludes halogenated alkanes) is 8. The van der Waals surface area contributed by atoms with E-state index in [-0.39, 0.29) is 51.1 Å². The third-order valence-electron chi connectivity index (χ3n) is 7.57. The van der Waals surface area contributed by atoms with Crippen molar-refractivity contribution in [3.63, 3.8) is 0 Å². The van der Waals surface area contributed by atoms with Gasteiger partial charge >= 0.3 is 0 Å². The summed E-state index contributed by atoms with van der Waals surface area (Å²) in [5.41, 5.74) is 0. The van der Waals surface area contributed by atoms with Crippen molar-refractivity contribution in [1.82, 2.24) is 10.2 Å². The summed E-state index contributed by atoms with van der Waals surface area (Å²) in [6, 6.07) is 0. The summed E-state index contributed by atoms with van der Waals surface area (Å²) in [5, 5.41) is 49.0. The van der Waals surface area contributed by atoms with Crippen LogP contribution in [0, 0.1) is 5.92 Å².